The normalized spacial score (nSPS) is 15.1. The zero-order chi connectivity index (χ0) is 22.8. The van der Waals surface area contributed by atoms with Crippen LogP contribution in [0.1, 0.15) is 63.0 Å². The number of benzene rings is 2. The minimum atomic E-state index is -0.515. The Bertz CT molecular complexity index is 862. The largest absolute Gasteiger partial charge is 0.494 e. The molecule has 1 atom stereocenters. The van der Waals surface area contributed by atoms with E-state index in [0.717, 1.165) is 42.6 Å². The molecule has 172 valence electrons. The van der Waals surface area contributed by atoms with Crippen LogP contribution in [0.15, 0.2) is 54.6 Å². The maximum Gasteiger partial charge on any atom is 0.242 e. The number of amides is 2. The Balaban J connectivity index is 1.61. The molecule has 0 saturated heterocycles. The first-order valence-electron chi connectivity index (χ1n) is 11.9. The van der Waals surface area contributed by atoms with Gasteiger partial charge >= 0.3 is 0 Å². The smallest absolute Gasteiger partial charge is 0.242 e. The second kappa shape index (κ2) is 12.3. The number of ether oxygens (including phenoxy) is 1. The van der Waals surface area contributed by atoms with Gasteiger partial charge in [-0.3, -0.25) is 9.59 Å². The Morgan fingerprint density at radius 2 is 1.72 bits per heavy atom. The van der Waals surface area contributed by atoms with E-state index in [2.05, 4.69) is 5.32 Å². The predicted molar refractivity (Wildman–Crippen MR) is 127 cm³/mol. The molecule has 0 spiro atoms. The molecule has 3 rings (SSSR count). The van der Waals surface area contributed by atoms with Crippen molar-refractivity contribution in [1.29, 1.82) is 0 Å². The van der Waals surface area contributed by atoms with E-state index in [1.807, 2.05) is 68.4 Å². The zero-order valence-electron chi connectivity index (χ0n) is 19.4. The molecule has 0 bridgehead atoms. The van der Waals surface area contributed by atoms with Crippen molar-refractivity contribution in [3.05, 3.63) is 65.7 Å². The van der Waals surface area contributed by atoms with E-state index in [1.165, 1.54) is 6.42 Å². The molecule has 0 aliphatic heterocycles. The summed E-state index contributed by atoms with van der Waals surface area (Å²) in [5.41, 5.74) is 2.19. The van der Waals surface area contributed by atoms with Crippen LogP contribution in [-0.4, -0.2) is 35.4 Å². The number of carbonyl (C=O) groups excluding carboxylic acids is 2. The lowest BCUT2D eigenvalue weighted by atomic mass is 9.95. The Morgan fingerprint density at radius 3 is 2.44 bits per heavy atom. The number of aryl methyl sites for hydroxylation is 1. The lowest BCUT2D eigenvalue weighted by Crippen LogP contribution is -2.50. The van der Waals surface area contributed by atoms with Gasteiger partial charge in [0.1, 0.15) is 11.8 Å². The van der Waals surface area contributed by atoms with Gasteiger partial charge in [0.05, 0.1) is 6.61 Å². The third-order valence-corrected chi connectivity index (χ3v) is 6.27. The van der Waals surface area contributed by atoms with Crippen molar-refractivity contribution in [2.24, 2.45) is 0 Å². The van der Waals surface area contributed by atoms with E-state index in [0.29, 0.717) is 26.0 Å². The molecule has 1 aliphatic rings. The molecule has 1 N–H and O–H groups in total. The number of nitrogens with zero attached hydrogens (tertiary/aromatic N) is 1. The summed E-state index contributed by atoms with van der Waals surface area (Å²) in [6.07, 6.45) is 6.57. The molecular formula is C27H36N2O3. The Labute approximate surface area is 192 Å². The second-order valence-corrected chi connectivity index (χ2v) is 8.73. The first-order chi connectivity index (χ1) is 15.5. The summed E-state index contributed by atoms with van der Waals surface area (Å²) < 4.78 is 5.73. The van der Waals surface area contributed by atoms with Crippen LogP contribution in [0.2, 0.25) is 0 Å². The monoisotopic (exact) mass is 436 g/mol. The minimum absolute atomic E-state index is 0.0174. The number of hydrogen-bond donors (Lipinski definition) is 1. The highest BCUT2D eigenvalue weighted by Crippen LogP contribution is 2.19. The summed E-state index contributed by atoms with van der Waals surface area (Å²) in [5.74, 6) is 0.729. The molecule has 0 heterocycles. The van der Waals surface area contributed by atoms with Crippen molar-refractivity contribution in [2.75, 3.05) is 6.61 Å². The van der Waals surface area contributed by atoms with Crippen molar-refractivity contribution in [2.45, 2.75) is 77.4 Å². The van der Waals surface area contributed by atoms with Crippen LogP contribution in [0, 0.1) is 6.92 Å². The van der Waals surface area contributed by atoms with E-state index in [4.69, 9.17) is 4.74 Å². The molecule has 0 unspecified atom stereocenters. The Hall–Kier alpha value is -2.82. The van der Waals surface area contributed by atoms with Crippen molar-refractivity contribution >= 4 is 11.8 Å². The number of hydrogen-bond acceptors (Lipinski definition) is 3. The molecule has 32 heavy (non-hydrogen) atoms. The lowest BCUT2D eigenvalue weighted by molar-refractivity contribution is -0.141. The predicted octanol–water partition coefficient (Wildman–Crippen LogP) is 5.02. The van der Waals surface area contributed by atoms with Crippen LogP contribution in [0.25, 0.3) is 0 Å². The number of nitrogens with one attached hydrogen (secondary N) is 1. The van der Waals surface area contributed by atoms with E-state index in [9.17, 15) is 9.59 Å². The molecule has 2 aromatic carbocycles. The number of para-hydroxylation sites is 1. The number of carbonyl (C=O) groups is 2. The molecule has 0 aromatic heterocycles. The van der Waals surface area contributed by atoms with Crippen LogP contribution in [0.5, 0.6) is 5.75 Å². The van der Waals surface area contributed by atoms with Crippen molar-refractivity contribution in [3.8, 4) is 5.75 Å². The van der Waals surface area contributed by atoms with Crippen molar-refractivity contribution in [3.63, 3.8) is 0 Å². The summed E-state index contributed by atoms with van der Waals surface area (Å²) in [6, 6.07) is 17.4. The maximum absolute atomic E-state index is 13.2. The van der Waals surface area contributed by atoms with Gasteiger partial charge in [0, 0.05) is 19.0 Å². The average molecular weight is 437 g/mol. The summed E-state index contributed by atoms with van der Waals surface area (Å²) in [5, 5.41) is 3.19. The fraction of sp³-hybridized carbons (Fsp3) is 0.481. The van der Waals surface area contributed by atoms with Crippen molar-refractivity contribution in [1.82, 2.24) is 10.2 Å². The van der Waals surface area contributed by atoms with E-state index >= 15 is 0 Å². The van der Waals surface area contributed by atoms with Crippen LogP contribution < -0.4 is 10.1 Å². The van der Waals surface area contributed by atoms with E-state index in [1.54, 1.807) is 4.90 Å². The third-order valence-electron chi connectivity index (χ3n) is 6.27. The van der Waals surface area contributed by atoms with E-state index in [-0.39, 0.29) is 17.9 Å². The highest BCUT2D eigenvalue weighted by molar-refractivity contribution is 5.87. The molecular weight excluding hydrogens is 400 g/mol. The van der Waals surface area contributed by atoms with Gasteiger partial charge in [0.15, 0.2) is 0 Å². The SMILES string of the molecule is Cc1ccccc1CN(C(=O)CCCOc1ccccc1)[C@@H](C)C(=O)NC1CCCCC1. The standard InChI is InChI=1S/C27H36N2O3/c1-21-12-9-10-13-23(21)20-29(22(2)27(31)28-24-14-5-3-6-15-24)26(30)18-11-19-32-25-16-7-4-8-17-25/h4,7-10,12-13,16-17,22,24H,3,5-6,11,14-15,18-20H2,1-2H3,(H,28,31)/t22-/m0/s1. The molecule has 5 heteroatoms. The Kier molecular flexibility index (Phi) is 9.14. The average Bonchev–Trinajstić information content (AvgIpc) is 2.82. The quantitative estimate of drug-likeness (QED) is 0.532. The highest BCUT2D eigenvalue weighted by atomic mass is 16.5. The van der Waals surface area contributed by atoms with Gasteiger partial charge in [-0.05, 0) is 56.4 Å². The molecule has 2 amide bonds. The second-order valence-electron chi connectivity index (χ2n) is 8.73. The number of rotatable bonds is 10. The molecule has 1 saturated carbocycles. The minimum Gasteiger partial charge on any atom is -0.494 e. The van der Waals surface area contributed by atoms with Crippen LogP contribution in [-0.2, 0) is 16.1 Å². The Morgan fingerprint density at radius 1 is 1.03 bits per heavy atom. The van der Waals surface area contributed by atoms with Gasteiger partial charge in [-0.25, -0.2) is 0 Å². The van der Waals surface area contributed by atoms with Crippen molar-refractivity contribution < 1.29 is 14.3 Å². The van der Waals surface area contributed by atoms with Gasteiger partial charge in [-0.15, -0.1) is 0 Å². The first kappa shape index (κ1) is 23.8. The van der Waals surface area contributed by atoms with Gasteiger partial charge in [-0.1, -0.05) is 61.7 Å². The van der Waals surface area contributed by atoms with Gasteiger partial charge in [-0.2, -0.15) is 0 Å². The van der Waals surface area contributed by atoms with E-state index < -0.39 is 6.04 Å². The van der Waals surface area contributed by atoms with Gasteiger partial charge in [0.25, 0.3) is 0 Å². The van der Waals surface area contributed by atoms with Crippen LogP contribution in [0.4, 0.5) is 0 Å². The molecule has 0 radical (unpaired) electrons. The summed E-state index contributed by atoms with van der Waals surface area (Å²) in [6.45, 7) is 4.79. The topological polar surface area (TPSA) is 58.6 Å². The van der Waals surface area contributed by atoms with Crippen LogP contribution in [0.3, 0.4) is 0 Å². The molecule has 2 aromatic rings. The lowest BCUT2D eigenvalue weighted by Gasteiger charge is -2.31. The maximum atomic E-state index is 13.2. The van der Waals surface area contributed by atoms with Gasteiger partial charge < -0.3 is 15.0 Å². The van der Waals surface area contributed by atoms with Crippen LogP contribution >= 0.6 is 0 Å². The molecule has 5 nitrogen and oxygen atoms in total. The molecule has 1 fully saturated rings. The first-order valence-corrected chi connectivity index (χ1v) is 11.9. The highest BCUT2D eigenvalue weighted by Gasteiger charge is 2.28. The third kappa shape index (κ3) is 7.11. The van der Waals surface area contributed by atoms with Gasteiger partial charge in [0.2, 0.25) is 11.8 Å². The fourth-order valence-electron chi connectivity index (χ4n) is 4.20. The summed E-state index contributed by atoms with van der Waals surface area (Å²) in [4.78, 5) is 27.9. The summed E-state index contributed by atoms with van der Waals surface area (Å²) in [7, 11) is 0. The molecule has 1 aliphatic carbocycles. The summed E-state index contributed by atoms with van der Waals surface area (Å²) >= 11 is 0. The zero-order valence-corrected chi connectivity index (χ0v) is 19.4. The fourth-order valence-corrected chi connectivity index (χ4v) is 4.20.